The lowest BCUT2D eigenvalue weighted by Gasteiger charge is -2.29. The molecule has 1 N–H and O–H groups in total. The fraction of sp³-hybridized carbons (Fsp3) is 0.370. The van der Waals surface area contributed by atoms with Crippen LogP contribution in [-0.4, -0.2) is 40.2 Å². The Morgan fingerprint density at radius 1 is 1.06 bits per heavy atom. The first kappa shape index (κ1) is 22.2. The first-order valence-corrected chi connectivity index (χ1v) is 11.7. The highest BCUT2D eigenvalue weighted by Crippen LogP contribution is 2.47. The molecule has 1 unspecified atom stereocenters. The van der Waals surface area contributed by atoms with Crippen molar-refractivity contribution in [3.63, 3.8) is 0 Å². The Morgan fingerprint density at radius 3 is 2.47 bits per heavy atom. The van der Waals surface area contributed by atoms with E-state index in [9.17, 15) is 24.0 Å². The minimum Gasteiger partial charge on any atom is -0.322 e. The zero-order valence-corrected chi connectivity index (χ0v) is 19.1. The molecular weight excluding hydrogens is 432 g/mol. The largest absolute Gasteiger partial charge is 0.322 e. The number of aryl methyl sites for hydroxylation is 1. The maximum absolute atomic E-state index is 12.8. The van der Waals surface area contributed by atoms with E-state index >= 15 is 0 Å². The molecule has 1 saturated carbocycles. The minimum atomic E-state index is -0.658. The molecule has 3 amide bonds. The summed E-state index contributed by atoms with van der Waals surface area (Å²) < 4.78 is 0. The van der Waals surface area contributed by atoms with Crippen LogP contribution in [0.25, 0.3) is 0 Å². The average molecular weight is 459 g/mol. The average Bonchev–Trinajstić information content (AvgIpc) is 3.51. The summed E-state index contributed by atoms with van der Waals surface area (Å²) in [6.07, 6.45) is 3.30. The fourth-order valence-corrected chi connectivity index (χ4v) is 4.82. The van der Waals surface area contributed by atoms with Gasteiger partial charge in [-0.1, -0.05) is 43.3 Å². The molecule has 7 nitrogen and oxygen atoms in total. The van der Waals surface area contributed by atoms with Crippen LogP contribution in [0, 0.1) is 0 Å². The summed E-state index contributed by atoms with van der Waals surface area (Å²) in [7, 11) is 0. The summed E-state index contributed by atoms with van der Waals surface area (Å²) in [6.45, 7) is 2.48. The third-order valence-electron chi connectivity index (χ3n) is 7.33. The number of carbonyl (C=O) groups is 5. The van der Waals surface area contributed by atoms with E-state index in [1.54, 1.807) is 24.3 Å². The second-order valence-electron chi connectivity index (χ2n) is 9.78. The molecule has 0 spiro atoms. The third-order valence-corrected chi connectivity index (χ3v) is 7.33. The van der Waals surface area contributed by atoms with Crippen molar-refractivity contribution in [2.24, 2.45) is 0 Å². The van der Waals surface area contributed by atoms with Gasteiger partial charge in [0.25, 0.3) is 5.91 Å². The van der Waals surface area contributed by atoms with E-state index in [0.717, 1.165) is 24.0 Å². The number of hydrogen-bond acceptors (Lipinski definition) is 5. The number of benzene rings is 2. The number of piperidine rings is 1. The summed E-state index contributed by atoms with van der Waals surface area (Å²) in [6, 6.07) is 12.1. The van der Waals surface area contributed by atoms with Crippen molar-refractivity contribution in [1.82, 2.24) is 10.2 Å². The molecule has 2 aliphatic heterocycles. The number of ketones is 2. The number of rotatable bonds is 7. The molecule has 1 atom stereocenters. The van der Waals surface area contributed by atoms with Gasteiger partial charge in [-0.05, 0) is 53.9 Å². The van der Waals surface area contributed by atoms with Gasteiger partial charge in [-0.3, -0.25) is 29.3 Å². The van der Waals surface area contributed by atoms with Crippen molar-refractivity contribution >= 4 is 29.3 Å². The van der Waals surface area contributed by atoms with Crippen LogP contribution in [0.15, 0.2) is 42.5 Å². The number of nitrogens with zero attached hydrogens (tertiary/aromatic N) is 1. The van der Waals surface area contributed by atoms with Gasteiger partial charge in [0.15, 0.2) is 0 Å². The van der Waals surface area contributed by atoms with E-state index in [-0.39, 0.29) is 36.6 Å². The number of fused-ring (bicyclic) bond motifs is 1. The van der Waals surface area contributed by atoms with E-state index in [4.69, 9.17) is 0 Å². The molecule has 3 aliphatic rings. The fourth-order valence-electron chi connectivity index (χ4n) is 4.82. The molecule has 0 bridgehead atoms. The van der Waals surface area contributed by atoms with E-state index in [1.807, 2.05) is 18.2 Å². The van der Waals surface area contributed by atoms with Gasteiger partial charge >= 0.3 is 0 Å². The predicted octanol–water partition coefficient (Wildman–Crippen LogP) is 2.88. The van der Waals surface area contributed by atoms with Gasteiger partial charge in [-0.25, -0.2) is 0 Å². The van der Waals surface area contributed by atoms with Gasteiger partial charge in [-0.15, -0.1) is 0 Å². The first-order chi connectivity index (χ1) is 16.2. The summed E-state index contributed by atoms with van der Waals surface area (Å²) in [5.74, 6) is -1.91. The maximum atomic E-state index is 12.8. The Balaban J connectivity index is 1.21. The standard InChI is InChI=1S/C27H26N2O5/c1-27(12-13-27)19-6-4-17(5-7-19)24(32)22(30)10-3-16-2-8-20-18(14-16)15-29(26(20)34)21-9-11-23(31)28-25(21)33/h2,4-8,14,21H,3,9-13,15H2,1H3,(H,28,31,33). The van der Waals surface area contributed by atoms with Crippen LogP contribution in [0.5, 0.6) is 0 Å². The molecule has 0 aromatic heterocycles. The Morgan fingerprint density at radius 2 is 1.79 bits per heavy atom. The predicted molar refractivity (Wildman–Crippen MR) is 123 cm³/mol. The lowest BCUT2D eigenvalue weighted by molar-refractivity contribution is -0.136. The summed E-state index contributed by atoms with van der Waals surface area (Å²) in [5, 5.41) is 2.29. The van der Waals surface area contributed by atoms with Crippen molar-refractivity contribution in [3.8, 4) is 0 Å². The van der Waals surface area contributed by atoms with Crippen molar-refractivity contribution in [2.75, 3.05) is 0 Å². The van der Waals surface area contributed by atoms with Crippen molar-refractivity contribution in [1.29, 1.82) is 0 Å². The smallest absolute Gasteiger partial charge is 0.255 e. The monoisotopic (exact) mass is 458 g/mol. The summed E-state index contributed by atoms with van der Waals surface area (Å²) >= 11 is 0. The number of nitrogens with one attached hydrogen (secondary N) is 1. The molecule has 174 valence electrons. The third kappa shape index (κ3) is 4.06. The van der Waals surface area contributed by atoms with Crippen LogP contribution < -0.4 is 5.32 Å². The molecule has 34 heavy (non-hydrogen) atoms. The molecule has 1 saturated heterocycles. The van der Waals surface area contributed by atoms with Crippen LogP contribution in [0.2, 0.25) is 0 Å². The summed E-state index contributed by atoms with van der Waals surface area (Å²) in [4.78, 5) is 63.0. The Kier molecular flexibility index (Phi) is 5.42. The molecule has 7 heteroatoms. The zero-order chi connectivity index (χ0) is 24.0. The van der Waals surface area contributed by atoms with Crippen molar-refractivity contribution < 1.29 is 24.0 Å². The van der Waals surface area contributed by atoms with Crippen LogP contribution in [-0.2, 0) is 32.8 Å². The van der Waals surface area contributed by atoms with Gasteiger partial charge < -0.3 is 4.90 Å². The molecule has 2 aromatic carbocycles. The normalized spacial score (nSPS) is 20.7. The lowest BCUT2D eigenvalue weighted by Crippen LogP contribution is -2.52. The van der Waals surface area contributed by atoms with Gasteiger partial charge in [0.05, 0.1) is 0 Å². The first-order valence-electron chi connectivity index (χ1n) is 11.7. The quantitative estimate of drug-likeness (QED) is 0.391. The number of imide groups is 1. The van der Waals surface area contributed by atoms with Gasteiger partial charge in [0.1, 0.15) is 6.04 Å². The highest BCUT2D eigenvalue weighted by atomic mass is 16.2. The molecule has 1 aliphatic carbocycles. The van der Waals surface area contributed by atoms with Gasteiger partial charge in [0, 0.05) is 30.5 Å². The number of amides is 3. The van der Waals surface area contributed by atoms with Crippen molar-refractivity contribution in [3.05, 3.63) is 70.3 Å². The number of carbonyl (C=O) groups excluding carboxylic acids is 5. The zero-order valence-electron chi connectivity index (χ0n) is 19.1. The summed E-state index contributed by atoms with van der Waals surface area (Å²) in [5.41, 5.74) is 4.01. The molecular formula is C27H26N2O5. The van der Waals surface area contributed by atoms with Crippen LogP contribution >= 0.6 is 0 Å². The maximum Gasteiger partial charge on any atom is 0.255 e. The Hall–Kier alpha value is -3.61. The Bertz CT molecular complexity index is 1230. The SMILES string of the molecule is CC1(c2ccc(C(=O)C(=O)CCc3ccc4c(c3)CN(C3CCC(=O)NC3=O)C4=O)cc2)CC1. The van der Waals surface area contributed by atoms with Crippen molar-refractivity contribution in [2.45, 2.75) is 63.5 Å². The molecule has 2 aromatic rings. The molecule has 2 heterocycles. The highest BCUT2D eigenvalue weighted by molar-refractivity contribution is 6.43. The van der Waals surface area contributed by atoms with Crippen LogP contribution in [0.3, 0.4) is 0 Å². The van der Waals surface area contributed by atoms with Gasteiger partial charge in [-0.2, -0.15) is 0 Å². The Labute approximate surface area is 197 Å². The number of hydrogen-bond donors (Lipinski definition) is 1. The molecule has 0 radical (unpaired) electrons. The lowest BCUT2D eigenvalue weighted by atomic mass is 9.95. The van der Waals surface area contributed by atoms with E-state index in [0.29, 0.717) is 24.0 Å². The second-order valence-corrected chi connectivity index (χ2v) is 9.78. The van der Waals surface area contributed by atoms with E-state index in [2.05, 4.69) is 12.2 Å². The van der Waals surface area contributed by atoms with E-state index in [1.165, 1.54) is 10.5 Å². The molecule has 5 rings (SSSR count). The molecule has 2 fully saturated rings. The second kappa shape index (κ2) is 8.31. The van der Waals surface area contributed by atoms with Gasteiger partial charge in [0.2, 0.25) is 23.4 Å². The minimum absolute atomic E-state index is 0.0852. The van der Waals surface area contributed by atoms with Crippen LogP contribution in [0.1, 0.15) is 76.4 Å². The highest BCUT2D eigenvalue weighted by Gasteiger charge is 2.40. The number of Topliss-reactive ketones (excluding diaryl/α,β-unsaturated/α-hetero) is 2. The van der Waals surface area contributed by atoms with E-state index < -0.39 is 23.5 Å². The topological polar surface area (TPSA) is 101 Å². The van der Waals surface area contributed by atoms with Crippen LogP contribution in [0.4, 0.5) is 0 Å².